The molecule has 0 aliphatic rings. The molecule has 0 fully saturated rings. The normalized spacial score (nSPS) is 14.0. The van der Waals surface area contributed by atoms with Gasteiger partial charge in [-0.25, -0.2) is 0 Å². The first-order chi connectivity index (χ1) is 9.92. The van der Waals surface area contributed by atoms with E-state index in [1.165, 1.54) is 11.1 Å². The summed E-state index contributed by atoms with van der Waals surface area (Å²) < 4.78 is 12.0. The predicted octanol–water partition coefficient (Wildman–Crippen LogP) is 4.37. The fraction of sp³-hybridized carbons (Fsp3) is 0.444. The minimum Gasteiger partial charge on any atom is -0.481 e. The van der Waals surface area contributed by atoms with Gasteiger partial charge in [-0.05, 0) is 69.0 Å². The topological polar surface area (TPSA) is 48.4 Å². The molecule has 0 bridgehead atoms. The van der Waals surface area contributed by atoms with Crippen LogP contribution in [0.4, 0.5) is 0 Å². The van der Waals surface area contributed by atoms with Crippen LogP contribution in [-0.4, -0.2) is 6.04 Å². The molecule has 3 nitrogen and oxygen atoms in total. The van der Waals surface area contributed by atoms with Crippen molar-refractivity contribution in [3.8, 4) is 5.75 Å². The molecule has 21 heavy (non-hydrogen) atoms. The summed E-state index contributed by atoms with van der Waals surface area (Å²) in [4.78, 5) is 0. The molecule has 3 heteroatoms. The van der Waals surface area contributed by atoms with E-state index in [4.69, 9.17) is 14.9 Å². The van der Waals surface area contributed by atoms with Crippen LogP contribution < -0.4 is 10.5 Å². The Labute approximate surface area is 127 Å². The predicted molar refractivity (Wildman–Crippen MR) is 85.7 cm³/mol. The Bertz CT molecular complexity index is 616. The van der Waals surface area contributed by atoms with Gasteiger partial charge in [0.2, 0.25) is 0 Å². The van der Waals surface area contributed by atoms with Crippen molar-refractivity contribution in [3.63, 3.8) is 0 Å². The SMILES string of the molecule is CCC(N)C(Oc1cc(C)cc(C)c1C)c1ccc(C)o1. The van der Waals surface area contributed by atoms with Crippen LogP contribution in [0, 0.1) is 27.7 Å². The fourth-order valence-corrected chi connectivity index (χ4v) is 2.44. The minimum atomic E-state index is -0.261. The van der Waals surface area contributed by atoms with Crippen LogP contribution in [0.1, 0.15) is 47.7 Å². The Hall–Kier alpha value is -1.74. The smallest absolute Gasteiger partial charge is 0.171 e. The molecule has 0 radical (unpaired) electrons. The van der Waals surface area contributed by atoms with Crippen molar-refractivity contribution < 1.29 is 9.15 Å². The maximum Gasteiger partial charge on any atom is 0.171 e. The summed E-state index contributed by atoms with van der Waals surface area (Å²) in [6.07, 6.45) is 0.567. The lowest BCUT2D eigenvalue weighted by molar-refractivity contribution is 0.142. The molecule has 2 aromatic rings. The lowest BCUT2D eigenvalue weighted by Crippen LogP contribution is -2.31. The third kappa shape index (κ3) is 3.48. The van der Waals surface area contributed by atoms with E-state index in [0.717, 1.165) is 29.3 Å². The summed E-state index contributed by atoms with van der Waals surface area (Å²) in [6.45, 7) is 10.2. The molecule has 2 rings (SSSR count). The van der Waals surface area contributed by atoms with Crippen LogP contribution in [-0.2, 0) is 0 Å². The zero-order chi connectivity index (χ0) is 15.6. The zero-order valence-corrected chi connectivity index (χ0v) is 13.6. The number of ether oxygens (including phenoxy) is 1. The summed E-state index contributed by atoms with van der Waals surface area (Å²) in [7, 11) is 0. The van der Waals surface area contributed by atoms with E-state index < -0.39 is 0 Å². The summed E-state index contributed by atoms with van der Waals surface area (Å²) >= 11 is 0. The molecule has 1 heterocycles. The largest absolute Gasteiger partial charge is 0.481 e. The van der Waals surface area contributed by atoms with E-state index in [1.807, 2.05) is 19.1 Å². The van der Waals surface area contributed by atoms with Gasteiger partial charge in [0.15, 0.2) is 6.10 Å². The molecule has 0 aliphatic heterocycles. The number of benzene rings is 1. The second-order valence-corrected chi connectivity index (χ2v) is 5.76. The van der Waals surface area contributed by atoms with Gasteiger partial charge < -0.3 is 14.9 Å². The second kappa shape index (κ2) is 6.35. The molecule has 0 amide bonds. The first-order valence-corrected chi connectivity index (χ1v) is 7.48. The maximum atomic E-state index is 6.25. The first-order valence-electron chi connectivity index (χ1n) is 7.48. The van der Waals surface area contributed by atoms with E-state index in [2.05, 4.69) is 39.8 Å². The van der Waals surface area contributed by atoms with E-state index in [-0.39, 0.29) is 12.1 Å². The van der Waals surface area contributed by atoms with Gasteiger partial charge in [-0.1, -0.05) is 13.0 Å². The van der Waals surface area contributed by atoms with Gasteiger partial charge >= 0.3 is 0 Å². The van der Waals surface area contributed by atoms with Gasteiger partial charge in [-0.15, -0.1) is 0 Å². The number of hydrogen-bond acceptors (Lipinski definition) is 3. The van der Waals surface area contributed by atoms with E-state index in [9.17, 15) is 0 Å². The van der Waals surface area contributed by atoms with Gasteiger partial charge in [0, 0.05) is 6.04 Å². The van der Waals surface area contributed by atoms with Crippen molar-refractivity contribution in [3.05, 3.63) is 52.5 Å². The Morgan fingerprint density at radius 1 is 1.14 bits per heavy atom. The van der Waals surface area contributed by atoms with Crippen molar-refractivity contribution in [2.75, 3.05) is 0 Å². The molecule has 2 N–H and O–H groups in total. The van der Waals surface area contributed by atoms with Crippen LogP contribution in [0.3, 0.4) is 0 Å². The molecule has 114 valence electrons. The summed E-state index contributed by atoms with van der Waals surface area (Å²) in [6, 6.07) is 8.02. The molecular formula is C18H25NO2. The van der Waals surface area contributed by atoms with E-state index >= 15 is 0 Å². The molecule has 0 aliphatic carbocycles. The van der Waals surface area contributed by atoms with Gasteiger partial charge in [-0.3, -0.25) is 0 Å². The molecule has 0 saturated carbocycles. The van der Waals surface area contributed by atoms with Crippen LogP contribution in [0.2, 0.25) is 0 Å². The second-order valence-electron chi connectivity index (χ2n) is 5.76. The highest BCUT2D eigenvalue weighted by Crippen LogP contribution is 2.31. The molecule has 0 spiro atoms. The number of rotatable bonds is 5. The number of aryl methyl sites for hydroxylation is 3. The average molecular weight is 287 g/mol. The van der Waals surface area contributed by atoms with E-state index in [1.54, 1.807) is 0 Å². The van der Waals surface area contributed by atoms with Crippen LogP contribution in [0.5, 0.6) is 5.75 Å². The van der Waals surface area contributed by atoms with Gasteiger partial charge in [0.1, 0.15) is 17.3 Å². The Morgan fingerprint density at radius 3 is 2.43 bits per heavy atom. The van der Waals surface area contributed by atoms with Gasteiger partial charge in [-0.2, -0.15) is 0 Å². The van der Waals surface area contributed by atoms with Crippen molar-refractivity contribution in [1.82, 2.24) is 0 Å². The molecule has 0 saturated heterocycles. The molecule has 1 aromatic heterocycles. The zero-order valence-electron chi connectivity index (χ0n) is 13.6. The van der Waals surface area contributed by atoms with Crippen LogP contribution >= 0.6 is 0 Å². The molecule has 2 unspecified atom stereocenters. The summed E-state index contributed by atoms with van der Waals surface area (Å²) in [5, 5.41) is 0. The standard InChI is InChI=1S/C18H25NO2/c1-6-15(19)18(16-8-7-13(4)20-16)21-17-10-11(2)9-12(3)14(17)5/h7-10,15,18H,6,19H2,1-5H3. The van der Waals surface area contributed by atoms with Crippen molar-refractivity contribution in [1.29, 1.82) is 0 Å². The monoisotopic (exact) mass is 287 g/mol. The van der Waals surface area contributed by atoms with Crippen LogP contribution in [0.15, 0.2) is 28.7 Å². The Morgan fingerprint density at radius 2 is 1.86 bits per heavy atom. The number of furan rings is 1. The lowest BCUT2D eigenvalue weighted by atomic mass is 10.0. The van der Waals surface area contributed by atoms with Gasteiger partial charge in [0.05, 0.1) is 0 Å². The van der Waals surface area contributed by atoms with Crippen LogP contribution in [0.25, 0.3) is 0 Å². The summed E-state index contributed by atoms with van der Waals surface area (Å²) in [5.41, 5.74) is 9.81. The third-order valence-corrected chi connectivity index (χ3v) is 3.92. The Kier molecular flexibility index (Phi) is 4.73. The highest BCUT2D eigenvalue weighted by Gasteiger charge is 2.24. The number of nitrogens with two attached hydrogens (primary N) is 1. The highest BCUT2D eigenvalue weighted by molar-refractivity contribution is 5.42. The quantitative estimate of drug-likeness (QED) is 0.888. The van der Waals surface area contributed by atoms with Crippen molar-refractivity contribution in [2.45, 2.75) is 53.2 Å². The minimum absolute atomic E-state index is 0.101. The van der Waals surface area contributed by atoms with E-state index in [0.29, 0.717) is 0 Å². The number of hydrogen-bond donors (Lipinski definition) is 1. The summed E-state index contributed by atoms with van der Waals surface area (Å²) in [5.74, 6) is 2.55. The molecule has 2 atom stereocenters. The Balaban J connectivity index is 2.36. The lowest BCUT2D eigenvalue weighted by Gasteiger charge is -2.24. The average Bonchev–Trinajstić information content (AvgIpc) is 2.86. The molecule has 1 aromatic carbocycles. The highest BCUT2D eigenvalue weighted by atomic mass is 16.5. The fourth-order valence-electron chi connectivity index (χ4n) is 2.44. The third-order valence-electron chi connectivity index (χ3n) is 3.92. The molecular weight excluding hydrogens is 262 g/mol. The maximum absolute atomic E-state index is 6.25. The van der Waals surface area contributed by atoms with Crippen molar-refractivity contribution in [2.24, 2.45) is 5.73 Å². The van der Waals surface area contributed by atoms with Crippen molar-refractivity contribution >= 4 is 0 Å². The van der Waals surface area contributed by atoms with Gasteiger partial charge in [0.25, 0.3) is 0 Å². The first kappa shape index (κ1) is 15.6.